The summed E-state index contributed by atoms with van der Waals surface area (Å²) < 4.78 is 0. The molecule has 3 rings (SSSR count). The maximum atomic E-state index is 12.1. The molecule has 3 N–H and O–H groups in total. The lowest BCUT2D eigenvalue weighted by Gasteiger charge is -2.22. The average molecular weight is 274 g/mol. The first-order valence-corrected chi connectivity index (χ1v) is 7.53. The molecule has 0 radical (unpaired) electrons. The van der Waals surface area contributed by atoms with Crippen LogP contribution >= 0.6 is 0 Å². The highest BCUT2D eigenvalue weighted by Crippen LogP contribution is 2.19. The third kappa shape index (κ3) is 3.10. The van der Waals surface area contributed by atoms with Gasteiger partial charge in [0.25, 0.3) is 0 Å². The van der Waals surface area contributed by atoms with Gasteiger partial charge in [0.1, 0.15) is 0 Å². The third-order valence-corrected chi connectivity index (χ3v) is 4.18. The number of hydrogen-bond donors (Lipinski definition) is 3. The number of carbonyl (C=O) groups is 1. The molecule has 5 heteroatoms. The molecule has 0 bridgehead atoms. The molecular formula is C15H22N4O. The predicted octanol–water partition coefficient (Wildman–Crippen LogP) is 1.43. The van der Waals surface area contributed by atoms with Crippen LogP contribution in [0.25, 0.3) is 0 Å². The molecule has 20 heavy (non-hydrogen) atoms. The molecule has 1 atom stereocenters. The van der Waals surface area contributed by atoms with Crippen LogP contribution < -0.4 is 10.6 Å². The summed E-state index contributed by atoms with van der Waals surface area (Å²) in [5.41, 5.74) is 3.61. The number of rotatable bonds is 4. The summed E-state index contributed by atoms with van der Waals surface area (Å²) in [6.07, 6.45) is 10.7. The molecule has 108 valence electrons. The number of imidazole rings is 1. The Bertz CT molecular complexity index is 506. The van der Waals surface area contributed by atoms with E-state index < -0.39 is 0 Å². The van der Waals surface area contributed by atoms with E-state index in [1.54, 1.807) is 6.33 Å². The topological polar surface area (TPSA) is 69.8 Å². The van der Waals surface area contributed by atoms with Crippen LogP contribution in [0.2, 0.25) is 0 Å². The van der Waals surface area contributed by atoms with Gasteiger partial charge in [0.05, 0.1) is 23.8 Å². The van der Waals surface area contributed by atoms with E-state index in [1.807, 2.05) is 0 Å². The first kappa shape index (κ1) is 13.4. The summed E-state index contributed by atoms with van der Waals surface area (Å²) in [6.45, 7) is 1.44. The SMILES string of the molecule is O=C(NCCC1=CCCCC1)C1Cc2nc[nH]c2CN1. The highest BCUT2D eigenvalue weighted by Gasteiger charge is 2.25. The van der Waals surface area contributed by atoms with Crippen LogP contribution in [0.4, 0.5) is 0 Å². The molecule has 2 aliphatic rings. The Morgan fingerprint density at radius 3 is 3.25 bits per heavy atom. The number of aromatic amines is 1. The van der Waals surface area contributed by atoms with Crippen LogP contribution in [-0.2, 0) is 17.8 Å². The molecule has 1 unspecified atom stereocenters. The standard InChI is InChI=1S/C15H22N4O/c20-15(16-7-6-11-4-2-1-3-5-11)13-8-12-14(9-17-13)19-10-18-12/h4,10,13,17H,1-3,5-9H2,(H,16,20)(H,18,19). The maximum Gasteiger partial charge on any atom is 0.237 e. The minimum atomic E-state index is -0.147. The van der Waals surface area contributed by atoms with Crippen molar-refractivity contribution in [3.63, 3.8) is 0 Å². The van der Waals surface area contributed by atoms with Gasteiger partial charge in [-0.15, -0.1) is 0 Å². The second-order valence-corrected chi connectivity index (χ2v) is 5.61. The van der Waals surface area contributed by atoms with E-state index in [4.69, 9.17) is 0 Å². The zero-order chi connectivity index (χ0) is 13.8. The summed E-state index contributed by atoms with van der Waals surface area (Å²) in [4.78, 5) is 19.5. The molecule has 0 spiro atoms. The second kappa shape index (κ2) is 6.22. The lowest BCUT2D eigenvalue weighted by molar-refractivity contribution is -0.123. The lowest BCUT2D eigenvalue weighted by atomic mass is 9.97. The molecule has 1 aromatic rings. The van der Waals surface area contributed by atoms with Gasteiger partial charge in [-0.25, -0.2) is 4.98 Å². The normalized spacial score (nSPS) is 22.0. The first-order chi connectivity index (χ1) is 9.83. The molecule has 0 fully saturated rings. The van der Waals surface area contributed by atoms with E-state index in [0.717, 1.165) is 24.4 Å². The summed E-state index contributed by atoms with van der Waals surface area (Å²) >= 11 is 0. The Kier molecular flexibility index (Phi) is 4.16. The number of carbonyl (C=O) groups excluding carboxylic acids is 1. The predicted molar refractivity (Wildman–Crippen MR) is 77.1 cm³/mol. The molecule has 0 aromatic carbocycles. The average Bonchev–Trinajstić information content (AvgIpc) is 2.95. The van der Waals surface area contributed by atoms with E-state index in [2.05, 4.69) is 26.7 Å². The fourth-order valence-electron chi connectivity index (χ4n) is 2.96. The summed E-state index contributed by atoms with van der Waals surface area (Å²) in [7, 11) is 0. The van der Waals surface area contributed by atoms with Crippen molar-refractivity contribution in [1.82, 2.24) is 20.6 Å². The molecule has 0 saturated carbocycles. The molecule has 1 aliphatic carbocycles. The van der Waals surface area contributed by atoms with Crippen molar-refractivity contribution in [2.45, 2.75) is 51.1 Å². The van der Waals surface area contributed by atoms with Gasteiger partial charge in [-0.05, 0) is 32.1 Å². The number of amides is 1. The highest BCUT2D eigenvalue weighted by atomic mass is 16.2. The fraction of sp³-hybridized carbons (Fsp3) is 0.600. The molecule has 2 heterocycles. The van der Waals surface area contributed by atoms with Crippen LogP contribution in [0, 0.1) is 0 Å². The highest BCUT2D eigenvalue weighted by molar-refractivity contribution is 5.82. The zero-order valence-electron chi connectivity index (χ0n) is 11.7. The maximum absolute atomic E-state index is 12.1. The fourth-order valence-corrected chi connectivity index (χ4v) is 2.96. The van der Waals surface area contributed by atoms with Crippen molar-refractivity contribution < 1.29 is 4.79 Å². The van der Waals surface area contributed by atoms with Gasteiger partial charge in [0, 0.05) is 19.5 Å². The van der Waals surface area contributed by atoms with Gasteiger partial charge in [0.15, 0.2) is 0 Å². The van der Waals surface area contributed by atoms with Crippen LogP contribution in [0.3, 0.4) is 0 Å². The Balaban J connectivity index is 1.44. The van der Waals surface area contributed by atoms with E-state index in [1.165, 1.54) is 31.3 Å². The molecule has 1 aromatic heterocycles. The Morgan fingerprint density at radius 2 is 2.40 bits per heavy atom. The van der Waals surface area contributed by atoms with Crippen molar-refractivity contribution in [1.29, 1.82) is 0 Å². The van der Waals surface area contributed by atoms with Crippen molar-refractivity contribution in [2.24, 2.45) is 0 Å². The monoisotopic (exact) mass is 274 g/mol. The summed E-state index contributed by atoms with van der Waals surface area (Å²) in [6, 6.07) is -0.147. The summed E-state index contributed by atoms with van der Waals surface area (Å²) in [5.74, 6) is 0.0926. The van der Waals surface area contributed by atoms with Gasteiger partial charge in [0.2, 0.25) is 5.91 Å². The van der Waals surface area contributed by atoms with Gasteiger partial charge in [-0.3, -0.25) is 10.1 Å². The number of nitrogens with one attached hydrogen (secondary N) is 3. The Morgan fingerprint density at radius 1 is 1.45 bits per heavy atom. The van der Waals surface area contributed by atoms with E-state index in [9.17, 15) is 4.79 Å². The second-order valence-electron chi connectivity index (χ2n) is 5.61. The quantitative estimate of drug-likeness (QED) is 0.727. The van der Waals surface area contributed by atoms with Crippen LogP contribution in [0.1, 0.15) is 43.5 Å². The van der Waals surface area contributed by atoms with Gasteiger partial charge < -0.3 is 10.3 Å². The molecule has 0 saturated heterocycles. The number of nitrogens with zero attached hydrogens (tertiary/aromatic N) is 1. The number of allylic oxidation sites excluding steroid dienone is 1. The van der Waals surface area contributed by atoms with Gasteiger partial charge in [-0.2, -0.15) is 0 Å². The smallest absolute Gasteiger partial charge is 0.237 e. The van der Waals surface area contributed by atoms with Crippen molar-refractivity contribution in [3.05, 3.63) is 29.4 Å². The zero-order valence-corrected chi connectivity index (χ0v) is 11.7. The Hall–Kier alpha value is -1.62. The van der Waals surface area contributed by atoms with Crippen molar-refractivity contribution >= 4 is 5.91 Å². The minimum Gasteiger partial charge on any atom is -0.354 e. The molecule has 1 aliphatic heterocycles. The van der Waals surface area contributed by atoms with E-state index in [-0.39, 0.29) is 11.9 Å². The van der Waals surface area contributed by atoms with Gasteiger partial charge in [-0.1, -0.05) is 11.6 Å². The van der Waals surface area contributed by atoms with Crippen LogP contribution in [0.5, 0.6) is 0 Å². The number of fused-ring (bicyclic) bond motifs is 1. The molecule has 1 amide bonds. The van der Waals surface area contributed by atoms with Crippen molar-refractivity contribution in [3.8, 4) is 0 Å². The Labute approximate surface area is 119 Å². The largest absolute Gasteiger partial charge is 0.354 e. The molecular weight excluding hydrogens is 252 g/mol. The van der Waals surface area contributed by atoms with Crippen molar-refractivity contribution in [2.75, 3.05) is 6.54 Å². The number of hydrogen-bond acceptors (Lipinski definition) is 3. The number of H-pyrrole nitrogens is 1. The lowest BCUT2D eigenvalue weighted by Crippen LogP contribution is -2.47. The van der Waals surface area contributed by atoms with Crippen LogP contribution in [0.15, 0.2) is 18.0 Å². The summed E-state index contributed by atoms with van der Waals surface area (Å²) in [5, 5.41) is 6.29. The minimum absolute atomic E-state index is 0.0926. The molecule has 5 nitrogen and oxygen atoms in total. The van der Waals surface area contributed by atoms with Crippen LogP contribution in [-0.4, -0.2) is 28.5 Å². The number of aromatic nitrogens is 2. The first-order valence-electron chi connectivity index (χ1n) is 7.53. The van der Waals surface area contributed by atoms with Gasteiger partial charge >= 0.3 is 0 Å². The van der Waals surface area contributed by atoms with E-state index >= 15 is 0 Å². The van der Waals surface area contributed by atoms with E-state index in [0.29, 0.717) is 13.0 Å². The third-order valence-electron chi connectivity index (χ3n) is 4.18.